The van der Waals surface area contributed by atoms with Crippen LogP contribution in [0.2, 0.25) is 0 Å². The number of imide groups is 1. The van der Waals surface area contributed by atoms with Crippen LogP contribution in [-0.4, -0.2) is 37.0 Å². The molecule has 2 aromatic rings. The molecule has 7 nitrogen and oxygen atoms in total. The number of esters is 2. The van der Waals surface area contributed by atoms with Gasteiger partial charge in [-0.1, -0.05) is 52.4 Å². The Morgan fingerprint density at radius 1 is 0.657 bits per heavy atom. The van der Waals surface area contributed by atoms with Crippen molar-refractivity contribution in [3.05, 3.63) is 64.7 Å². The smallest absolute Gasteiger partial charge is 0.338 e. The van der Waals surface area contributed by atoms with Gasteiger partial charge in [0.25, 0.3) is 11.8 Å². The number of ether oxygens (including phenoxy) is 2. The highest BCUT2D eigenvalue weighted by molar-refractivity contribution is 6.34. The van der Waals surface area contributed by atoms with Crippen LogP contribution in [0.5, 0.6) is 0 Å². The summed E-state index contributed by atoms with van der Waals surface area (Å²) in [5.41, 5.74) is 1.32. The Bertz CT molecular complexity index is 1060. The monoisotopic (exact) mass is 479 g/mol. The highest BCUT2D eigenvalue weighted by Crippen LogP contribution is 2.29. The molecule has 0 aromatic heterocycles. The fraction of sp³-hybridized carbons (Fsp3) is 0.429. The molecule has 0 N–H and O–H groups in total. The topological polar surface area (TPSA) is 90.0 Å². The number of nitrogens with zero attached hydrogens (tertiary/aromatic N) is 1. The van der Waals surface area contributed by atoms with Crippen molar-refractivity contribution < 1.29 is 28.7 Å². The van der Waals surface area contributed by atoms with Gasteiger partial charge in [0.15, 0.2) is 0 Å². The van der Waals surface area contributed by atoms with E-state index in [0.29, 0.717) is 24.5 Å². The molecular formula is C28H33NO6. The van der Waals surface area contributed by atoms with Crippen molar-refractivity contribution in [3.63, 3.8) is 0 Å². The van der Waals surface area contributed by atoms with E-state index in [1.54, 1.807) is 12.1 Å². The molecule has 2 aromatic carbocycles. The average Bonchev–Trinajstić information content (AvgIpc) is 3.12. The number of amides is 2. The van der Waals surface area contributed by atoms with Gasteiger partial charge in [-0.15, -0.1) is 0 Å². The Balaban J connectivity index is 1.63. The van der Waals surface area contributed by atoms with E-state index >= 15 is 0 Å². The number of anilines is 1. The Kier molecular flexibility index (Phi) is 9.58. The molecule has 0 unspecified atom stereocenters. The first-order valence-corrected chi connectivity index (χ1v) is 12.4. The minimum absolute atomic E-state index is 0.158. The molecular weight excluding hydrogens is 446 g/mol. The zero-order chi connectivity index (χ0) is 25.2. The van der Waals surface area contributed by atoms with Gasteiger partial charge in [0.1, 0.15) is 0 Å². The Morgan fingerprint density at radius 3 is 1.74 bits per heavy atom. The van der Waals surface area contributed by atoms with Gasteiger partial charge in [0.2, 0.25) is 0 Å². The Hall–Kier alpha value is -3.48. The fourth-order valence-electron chi connectivity index (χ4n) is 3.90. The number of carbonyl (C=O) groups is 4. The Labute approximate surface area is 206 Å². The maximum absolute atomic E-state index is 13.0. The van der Waals surface area contributed by atoms with Crippen molar-refractivity contribution in [2.24, 2.45) is 0 Å². The molecule has 0 spiro atoms. The second kappa shape index (κ2) is 12.8. The maximum atomic E-state index is 13.0. The van der Waals surface area contributed by atoms with E-state index in [-0.39, 0.29) is 16.7 Å². The summed E-state index contributed by atoms with van der Waals surface area (Å²) in [5.74, 6) is -1.95. The van der Waals surface area contributed by atoms with E-state index in [2.05, 4.69) is 13.8 Å². The lowest BCUT2D eigenvalue weighted by Gasteiger charge is -2.14. The molecule has 0 radical (unpaired) electrons. The molecule has 0 atom stereocenters. The minimum Gasteiger partial charge on any atom is -0.462 e. The first kappa shape index (κ1) is 26.1. The van der Waals surface area contributed by atoms with Gasteiger partial charge in [-0.25, -0.2) is 14.5 Å². The largest absolute Gasteiger partial charge is 0.462 e. The van der Waals surface area contributed by atoms with E-state index in [4.69, 9.17) is 9.47 Å². The van der Waals surface area contributed by atoms with Crippen LogP contribution in [0.15, 0.2) is 42.5 Å². The van der Waals surface area contributed by atoms with Gasteiger partial charge in [0.05, 0.1) is 41.2 Å². The summed E-state index contributed by atoms with van der Waals surface area (Å²) < 4.78 is 10.6. The van der Waals surface area contributed by atoms with Gasteiger partial charge in [0, 0.05) is 0 Å². The van der Waals surface area contributed by atoms with Crippen LogP contribution >= 0.6 is 0 Å². The lowest BCUT2D eigenvalue weighted by atomic mass is 10.1. The van der Waals surface area contributed by atoms with Crippen LogP contribution in [0.4, 0.5) is 5.69 Å². The minimum atomic E-state index is -0.520. The normalized spacial score (nSPS) is 12.6. The molecule has 0 aliphatic carbocycles. The van der Waals surface area contributed by atoms with Gasteiger partial charge >= 0.3 is 11.9 Å². The third-order valence-corrected chi connectivity index (χ3v) is 5.95. The van der Waals surface area contributed by atoms with Crippen molar-refractivity contribution in [3.8, 4) is 0 Å². The van der Waals surface area contributed by atoms with Gasteiger partial charge in [-0.2, -0.15) is 0 Å². The van der Waals surface area contributed by atoms with Crippen molar-refractivity contribution >= 4 is 29.4 Å². The summed E-state index contributed by atoms with van der Waals surface area (Å²) in [4.78, 5) is 51.6. The van der Waals surface area contributed by atoms with E-state index < -0.39 is 23.8 Å². The number of fused-ring (bicyclic) bond motifs is 1. The number of benzene rings is 2. The van der Waals surface area contributed by atoms with Crippen LogP contribution in [0.25, 0.3) is 0 Å². The molecule has 7 heteroatoms. The first-order chi connectivity index (χ1) is 17.0. The van der Waals surface area contributed by atoms with Crippen molar-refractivity contribution in [1.82, 2.24) is 0 Å². The molecule has 35 heavy (non-hydrogen) atoms. The van der Waals surface area contributed by atoms with Crippen LogP contribution in [0, 0.1) is 0 Å². The number of rotatable bonds is 13. The highest BCUT2D eigenvalue weighted by Gasteiger charge is 2.37. The molecule has 0 saturated carbocycles. The van der Waals surface area contributed by atoms with E-state index in [1.807, 2.05) is 0 Å². The second-order valence-corrected chi connectivity index (χ2v) is 8.65. The summed E-state index contributed by atoms with van der Waals surface area (Å²) in [6, 6.07) is 10.5. The van der Waals surface area contributed by atoms with Gasteiger partial charge < -0.3 is 9.47 Å². The maximum Gasteiger partial charge on any atom is 0.338 e. The molecule has 3 rings (SSSR count). The highest BCUT2D eigenvalue weighted by atomic mass is 16.5. The summed E-state index contributed by atoms with van der Waals surface area (Å²) in [6.45, 7) is 4.91. The zero-order valence-corrected chi connectivity index (χ0v) is 20.5. The summed E-state index contributed by atoms with van der Waals surface area (Å²) >= 11 is 0. The molecule has 1 heterocycles. The van der Waals surface area contributed by atoms with Crippen molar-refractivity contribution in [1.29, 1.82) is 0 Å². The van der Waals surface area contributed by atoms with E-state index in [0.717, 1.165) is 56.3 Å². The molecule has 1 aliphatic heterocycles. The molecule has 2 amide bonds. The van der Waals surface area contributed by atoms with Crippen molar-refractivity contribution in [2.75, 3.05) is 18.1 Å². The third kappa shape index (κ3) is 6.56. The lowest BCUT2D eigenvalue weighted by Crippen LogP contribution is -2.29. The van der Waals surface area contributed by atoms with Crippen LogP contribution in [-0.2, 0) is 9.47 Å². The fourth-order valence-corrected chi connectivity index (χ4v) is 3.90. The molecule has 0 saturated heterocycles. The van der Waals surface area contributed by atoms with E-state index in [1.165, 1.54) is 30.3 Å². The predicted molar refractivity (Wildman–Crippen MR) is 133 cm³/mol. The van der Waals surface area contributed by atoms with Gasteiger partial charge in [-0.05, 0) is 55.3 Å². The van der Waals surface area contributed by atoms with Crippen molar-refractivity contribution in [2.45, 2.75) is 65.2 Å². The van der Waals surface area contributed by atoms with Gasteiger partial charge in [-0.3, -0.25) is 9.59 Å². The first-order valence-electron chi connectivity index (χ1n) is 12.4. The number of hydrogen-bond donors (Lipinski definition) is 0. The SMILES string of the molecule is CCCCCCOC(=O)c1ccc(N2C(=O)c3ccc(C(=O)OCCCCCC)cc3C2=O)cc1. The quantitative estimate of drug-likeness (QED) is 0.200. The number of hydrogen-bond acceptors (Lipinski definition) is 6. The van der Waals surface area contributed by atoms with Crippen LogP contribution in [0.3, 0.4) is 0 Å². The Morgan fingerprint density at radius 2 is 1.17 bits per heavy atom. The molecule has 1 aliphatic rings. The number of carbonyl (C=O) groups excluding carboxylic acids is 4. The molecule has 186 valence electrons. The zero-order valence-electron chi connectivity index (χ0n) is 20.5. The molecule has 0 bridgehead atoms. The standard InChI is InChI=1S/C28H33NO6/c1-3-5-7-9-17-34-27(32)20-11-14-22(15-12-20)29-25(30)23-16-13-21(19-24(23)26(29)31)28(33)35-18-10-8-6-4-2/h11-16,19H,3-10,17-18H2,1-2H3. The average molecular weight is 480 g/mol. The van der Waals surface area contributed by atoms with Crippen LogP contribution < -0.4 is 4.90 Å². The lowest BCUT2D eigenvalue weighted by molar-refractivity contribution is 0.0488. The van der Waals surface area contributed by atoms with Crippen LogP contribution in [0.1, 0.15) is 107 Å². The molecule has 0 fully saturated rings. The summed E-state index contributed by atoms with van der Waals surface area (Å²) in [5, 5.41) is 0. The number of unbranched alkanes of at least 4 members (excludes halogenated alkanes) is 6. The third-order valence-electron chi connectivity index (χ3n) is 5.95. The predicted octanol–water partition coefficient (Wildman–Crippen LogP) is 5.96. The second-order valence-electron chi connectivity index (χ2n) is 8.65. The summed E-state index contributed by atoms with van der Waals surface area (Å²) in [7, 11) is 0. The van der Waals surface area contributed by atoms with E-state index in [9.17, 15) is 19.2 Å². The summed E-state index contributed by atoms with van der Waals surface area (Å²) in [6.07, 6.45) is 8.01.